The van der Waals surface area contributed by atoms with Gasteiger partial charge in [0.15, 0.2) is 6.10 Å². The molecule has 1 atom stereocenters. The van der Waals surface area contributed by atoms with Crippen LogP contribution in [0.4, 0.5) is 0 Å². The lowest BCUT2D eigenvalue weighted by Gasteiger charge is -2.05. The van der Waals surface area contributed by atoms with Crippen molar-refractivity contribution in [3.63, 3.8) is 0 Å². The van der Waals surface area contributed by atoms with E-state index in [-0.39, 0.29) is 0 Å². The third kappa shape index (κ3) is 1.80. The van der Waals surface area contributed by atoms with Crippen molar-refractivity contribution < 1.29 is 15.0 Å². The molecule has 0 saturated carbocycles. The Morgan fingerprint density at radius 1 is 1.47 bits per heavy atom. The van der Waals surface area contributed by atoms with Gasteiger partial charge >= 0.3 is 5.97 Å². The fourth-order valence-corrected chi connectivity index (χ4v) is 2.17. The summed E-state index contributed by atoms with van der Waals surface area (Å²) in [5.74, 6) is -1.22. The Labute approximate surface area is 99.1 Å². The molecule has 90 valence electrons. The molecule has 2 rings (SSSR count). The maximum atomic E-state index is 10.9. The van der Waals surface area contributed by atoms with Crippen LogP contribution in [0.1, 0.15) is 24.2 Å². The van der Waals surface area contributed by atoms with Crippen LogP contribution in [0.3, 0.4) is 0 Å². The number of aliphatic hydroxyl groups excluding tert-OH is 1. The number of carboxylic acids is 1. The number of carbonyl (C=O) groups is 1. The van der Waals surface area contributed by atoms with E-state index < -0.39 is 12.1 Å². The number of hydrogen-bond donors (Lipinski definition) is 2. The van der Waals surface area contributed by atoms with Crippen LogP contribution >= 0.6 is 0 Å². The van der Waals surface area contributed by atoms with Crippen LogP contribution in [0.15, 0.2) is 24.4 Å². The first-order chi connectivity index (χ1) is 8.06. The van der Waals surface area contributed by atoms with Crippen molar-refractivity contribution in [2.75, 3.05) is 0 Å². The number of hydrogen-bond acceptors (Lipinski definition) is 2. The average molecular weight is 233 g/mol. The van der Waals surface area contributed by atoms with Crippen LogP contribution in [0.5, 0.6) is 0 Å². The van der Waals surface area contributed by atoms with E-state index in [1.165, 1.54) is 0 Å². The number of nitrogens with zero attached hydrogens (tertiary/aromatic N) is 1. The summed E-state index contributed by atoms with van der Waals surface area (Å²) >= 11 is 0. The van der Waals surface area contributed by atoms with Gasteiger partial charge in [0, 0.05) is 29.2 Å². The molecule has 2 N–H and O–H groups in total. The van der Waals surface area contributed by atoms with Gasteiger partial charge in [-0.2, -0.15) is 0 Å². The van der Waals surface area contributed by atoms with Crippen molar-refractivity contribution in [1.82, 2.24) is 4.57 Å². The number of aromatic nitrogens is 1. The topological polar surface area (TPSA) is 62.5 Å². The Balaban J connectivity index is 2.75. The molecule has 0 spiro atoms. The van der Waals surface area contributed by atoms with Crippen LogP contribution in [-0.4, -0.2) is 20.7 Å². The maximum absolute atomic E-state index is 10.9. The summed E-state index contributed by atoms with van der Waals surface area (Å²) in [5.41, 5.74) is 2.40. The molecule has 2 aromatic rings. The predicted molar refractivity (Wildman–Crippen MR) is 64.9 cm³/mol. The SMILES string of the molecule is CCn1cc(C(O)C(=O)O)c2c(C)cccc21. The second-order valence-electron chi connectivity index (χ2n) is 4.08. The summed E-state index contributed by atoms with van der Waals surface area (Å²) in [4.78, 5) is 10.9. The lowest BCUT2D eigenvalue weighted by Crippen LogP contribution is -2.10. The smallest absolute Gasteiger partial charge is 0.337 e. The van der Waals surface area contributed by atoms with E-state index in [1.807, 2.05) is 36.6 Å². The Bertz CT molecular complexity index is 571. The molecule has 4 heteroatoms. The van der Waals surface area contributed by atoms with Crippen molar-refractivity contribution >= 4 is 16.9 Å². The van der Waals surface area contributed by atoms with Gasteiger partial charge < -0.3 is 14.8 Å². The molecular formula is C13H15NO3. The standard InChI is InChI=1S/C13H15NO3/c1-3-14-7-9(12(15)13(16)17)11-8(2)5-4-6-10(11)14/h4-7,12,15H,3H2,1-2H3,(H,16,17). The molecule has 0 radical (unpaired) electrons. The van der Waals surface area contributed by atoms with Crippen LogP contribution in [-0.2, 0) is 11.3 Å². The van der Waals surface area contributed by atoms with Crippen LogP contribution in [0.2, 0.25) is 0 Å². The molecule has 0 amide bonds. The Kier molecular flexibility index (Phi) is 2.90. The molecule has 17 heavy (non-hydrogen) atoms. The first kappa shape index (κ1) is 11.7. The highest BCUT2D eigenvalue weighted by molar-refractivity contribution is 5.91. The Hall–Kier alpha value is -1.81. The number of aryl methyl sites for hydroxylation is 2. The van der Waals surface area contributed by atoms with E-state index in [9.17, 15) is 9.90 Å². The first-order valence-corrected chi connectivity index (χ1v) is 5.55. The van der Waals surface area contributed by atoms with Gasteiger partial charge in [0.1, 0.15) is 0 Å². The van der Waals surface area contributed by atoms with Crippen LogP contribution < -0.4 is 0 Å². The highest BCUT2D eigenvalue weighted by Crippen LogP contribution is 2.29. The van der Waals surface area contributed by atoms with E-state index in [2.05, 4.69) is 0 Å². The highest BCUT2D eigenvalue weighted by Gasteiger charge is 2.22. The van der Waals surface area contributed by atoms with Crippen molar-refractivity contribution in [2.24, 2.45) is 0 Å². The lowest BCUT2D eigenvalue weighted by molar-refractivity contribution is -0.146. The first-order valence-electron chi connectivity index (χ1n) is 5.55. The Morgan fingerprint density at radius 2 is 2.18 bits per heavy atom. The van der Waals surface area contributed by atoms with Gasteiger partial charge in [-0.3, -0.25) is 0 Å². The normalized spacial score (nSPS) is 12.9. The molecule has 4 nitrogen and oxygen atoms in total. The average Bonchev–Trinajstić information content (AvgIpc) is 2.68. The fraction of sp³-hybridized carbons (Fsp3) is 0.308. The van der Waals surface area contributed by atoms with Gasteiger partial charge in [0.2, 0.25) is 0 Å². The monoisotopic (exact) mass is 233 g/mol. The number of aliphatic carboxylic acids is 1. The summed E-state index contributed by atoms with van der Waals surface area (Å²) in [7, 11) is 0. The third-order valence-electron chi connectivity index (χ3n) is 3.01. The van der Waals surface area contributed by atoms with E-state index in [4.69, 9.17) is 5.11 Å². The minimum Gasteiger partial charge on any atom is -0.479 e. The Morgan fingerprint density at radius 3 is 2.76 bits per heavy atom. The van der Waals surface area contributed by atoms with Gasteiger partial charge in [-0.15, -0.1) is 0 Å². The summed E-state index contributed by atoms with van der Waals surface area (Å²) in [6.07, 6.45) is 0.252. The van der Waals surface area contributed by atoms with Gasteiger partial charge in [0.05, 0.1) is 0 Å². The van der Waals surface area contributed by atoms with Gasteiger partial charge in [-0.1, -0.05) is 12.1 Å². The maximum Gasteiger partial charge on any atom is 0.337 e. The van der Waals surface area contributed by atoms with E-state index in [1.54, 1.807) is 6.20 Å². The lowest BCUT2D eigenvalue weighted by atomic mass is 10.0. The van der Waals surface area contributed by atoms with Crippen molar-refractivity contribution in [3.05, 3.63) is 35.5 Å². The summed E-state index contributed by atoms with van der Waals surface area (Å²) < 4.78 is 1.95. The molecule has 1 aromatic carbocycles. The summed E-state index contributed by atoms with van der Waals surface area (Å²) in [5, 5.41) is 19.5. The molecule has 1 heterocycles. The molecule has 1 unspecified atom stereocenters. The van der Waals surface area contributed by atoms with Crippen molar-refractivity contribution in [3.8, 4) is 0 Å². The number of carboxylic acid groups (broad SMARTS) is 1. The molecule has 0 aliphatic heterocycles. The summed E-state index contributed by atoms with van der Waals surface area (Å²) in [6.45, 7) is 4.64. The molecule has 1 aromatic heterocycles. The van der Waals surface area contributed by atoms with Crippen LogP contribution in [0.25, 0.3) is 10.9 Å². The molecular weight excluding hydrogens is 218 g/mol. The molecule has 0 bridgehead atoms. The van der Waals surface area contributed by atoms with E-state index in [0.717, 1.165) is 23.0 Å². The van der Waals surface area contributed by atoms with E-state index in [0.29, 0.717) is 5.56 Å². The number of rotatable bonds is 3. The van der Waals surface area contributed by atoms with Crippen LogP contribution in [0, 0.1) is 6.92 Å². The van der Waals surface area contributed by atoms with Crippen molar-refractivity contribution in [1.29, 1.82) is 0 Å². The fourth-order valence-electron chi connectivity index (χ4n) is 2.17. The zero-order valence-corrected chi connectivity index (χ0v) is 9.84. The van der Waals surface area contributed by atoms with Gasteiger partial charge in [0.25, 0.3) is 0 Å². The predicted octanol–water partition coefficient (Wildman–Crippen LogP) is 2.09. The zero-order chi connectivity index (χ0) is 12.6. The van der Waals surface area contributed by atoms with Crippen molar-refractivity contribution in [2.45, 2.75) is 26.5 Å². The van der Waals surface area contributed by atoms with Gasteiger partial charge in [-0.25, -0.2) is 4.79 Å². The largest absolute Gasteiger partial charge is 0.479 e. The molecule has 0 aliphatic rings. The second-order valence-corrected chi connectivity index (χ2v) is 4.08. The number of fused-ring (bicyclic) bond motifs is 1. The highest BCUT2D eigenvalue weighted by atomic mass is 16.4. The molecule has 0 saturated heterocycles. The van der Waals surface area contributed by atoms with Gasteiger partial charge in [-0.05, 0) is 25.5 Å². The zero-order valence-electron chi connectivity index (χ0n) is 9.84. The minimum absolute atomic E-state index is 0.465. The number of aliphatic hydroxyl groups is 1. The van der Waals surface area contributed by atoms with E-state index >= 15 is 0 Å². The number of benzene rings is 1. The molecule has 0 fully saturated rings. The summed E-state index contributed by atoms with van der Waals surface area (Å²) in [6, 6.07) is 5.78. The molecule has 0 aliphatic carbocycles. The minimum atomic E-state index is -1.47. The quantitative estimate of drug-likeness (QED) is 0.853. The third-order valence-corrected chi connectivity index (χ3v) is 3.01. The second kappa shape index (κ2) is 4.22.